The minimum absolute atomic E-state index is 0.0514. The molecular formula is C19H31ClN4O3. The van der Waals surface area contributed by atoms with Crippen molar-refractivity contribution in [2.75, 3.05) is 32.8 Å². The molecule has 1 fully saturated rings. The number of carbonyl (C=O) groups is 2. The number of rotatable bonds is 9. The average Bonchev–Trinajstić information content (AvgIpc) is 3.18. The number of aromatic nitrogens is 2. The Morgan fingerprint density at radius 2 is 2.07 bits per heavy atom. The molecule has 1 aliphatic heterocycles. The molecule has 152 valence electrons. The van der Waals surface area contributed by atoms with Crippen LogP contribution in [0.15, 0.2) is 0 Å². The topological polar surface area (TPSA) is 67.7 Å². The Balaban J connectivity index is 2.08. The number of likely N-dealkylation sites (N-methyl/N-ethyl adjacent to an activating group) is 1. The minimum Gasteiger partial charge on any atom is -0.466 e. The van der Waals surface area contributed by atoms with E-state index in [1.165, 1.54) is 0 Å². The molecule has 1 atom stereocenters. The maximum Gasteiger partial charge on any atom is 0.307 e. The summed E-state index contributed by atoms with van der Waals surface area (Å²) in [6.07, 6.45) is 2.42. The molecule has 2 rings (SSSR count). The van der Waals surface area contributed by atoms with Crippen molar-refractivity contribution >= 4 is 23.5 Å². The summed E-state index contributed by atoms with van der Waals surface area (Å²) >= 11 is 6.20. The first-order valence-electron chi connectivity index (χ1n) is 9.74. The van der Waals surface area contributed by atoms with E-state index < -0.39 is 0 Å². The molecule has 8 heteroatoms. The fraction of sp³-hybridized carbons (Fsp3) is 0.737. The second-order valence-electron chi connectivity index (χ2n) is 6.96. The normalized spacial score (nSPS) is 17.3. The Morgan fingerprint density at radius 3 is 2.67 bits per heavy atom. The number of ether oxygens (including phenoxy) is 1. The van der Waals surface area contributed by atoms with E-state index >= 15 is 0 Å². The van der Waals surface area contributed by atoms with Crippen LogP contribution in [0.2, 0.25) is 5.02 Å². The van der Waals surface area contributed by atoms with Crippen molar-refractivity contribution in [1.82, 2.24) is 19.6 Å². The molecule has 0 bridgehead atoms. The molecule has 0 spiro atoms. The van der Waals surface area contributed by atoms with Gasteiger partial charge in [-0.05, 0) is 46.7 Å². The summed E-state index contributed by atoms with van der Waals surface area (Å²) in [7, 11) is 0. The van der Waals surface area contributed by atoms with E-state index in [0.717, 1.165) is 31.6 Å². The van der Waals surface area contributed by atoms with Crippen LogP contribution in [-0.2, 0) is 20.9 Å². The van der Waals surface area contributed by atoms with Crippen LogP contribution < -0.4 is 0 Å². The number of likely N-dealkylation sites (tertiary alicyclic amines) is 1. The summed E-state index contributed by atoms with van der Waals surface area (Å²) in [4.78, 5) is 28.9. The third kappa shape index (κ3) is 5.69. The van der Waals surface area contributed by atoms with E-state index in [4.69, 9.17) is 16.3 Å². The summed E-state index contributed by atoms with van der Waals surface area (Å²) < 4.78 is 6.66. The highest BCUT2D eigenvalue weighted by Gasteiger charge is 2.28. The van der Waals surface area contributed by atoms with Crippen LogP contribution >= 0.6 is 11.6 Å². The van der Waals surface area contributed by atoms with Gasteiger partial charge < -0.3 is 9.64 Å². The summed E-state index contributed by atoms with van der Waals surface area (Å²) in [5.74, 6) is -0.326. The molecule has 7 nitrogen and oxygen atoms in total. The van der Waals surface area contributed by atoms with E-state index in [-0.39, 0.29) is 24.8 Å². The minimum atomic E-state index is -0.275. The van der Waals surface area contributed by atoms with Crippen molar-refractivity contribution in [2.24, 2.45) is 0 Å². The SMILES string of the molecule is CCOC(=O)CCN(CC1CCCN1CC)C(=O)Cn1nc(C)c(Cl)c1C. The molecule has 27 heavy (non-hydrogen) atoms. The largest absolute Gasteiger partial charge is 0.466 e. The zero-order valence-corrected chi connectivity index (χ0v) is 17.6. The predicted molar refractivity (Wildman–Crippen MR) is 105 cm³/mol. The van der Waals surface area contributed by atoms with Crippen LogP contribution in [-0.4, -0.2) is 70.3 Å². The van der Waals surface area contributed by atoms with Crippen molar-refractivity contribution in [1.29, 1.82) is 0 Å². The molecule has 1 amide bonds. The second-order valence-corrected chi connectivity index (χ2v) is 7.34. The first-order chi connectivity index (χ1) is 12.9. The first kappa shape index (κ1) is 21.7. The lowest BCUT2D eigenvalue weighted by molar-refractivity contribution is -0.144. The highest BCUT2D eigenvalue weighted by Crippen LogP contribution is 2.20. The molecule has 0 aliphatic carbocycles. The third-order valence-electron chi connectivity index (χ3n) is 5.16. The monoisotopic (exact) mass is 398 g/mol. The lowest BCUT2D eigenvalue weighted by Gasteiger charge is -2.30. The van der Waals surface area contributed by atoms with Crippen LogP contribution in [0.5, 0.6) is 0 Å². The Kier molecular flexibility index (Phi) is 8.10. The molecule has 1 unspecified atom stereocenters. The summed E-state index contributed by atoms with van der Waals surface area (Å²) in [6.45, 7) is 11.1. The Labute approximate surface area is 166 Å². The maximum atomic E-state index is 13.0. The molecular weight excluding hydrogens is 368 g/mol. The Bertz CT molecular complexity index is 662. The van der Waals surface area contributed by atoms with Crippen LogP contribution in [0.3, 0.4) is 0 Å². The number of nitrogens with zero attached hydrogens (tertiary/aromatic N) is 4. The quantitative estimate of drug-likeness (QED) is 0.597. The van der Waals surface area contributed by atoms with Gasteiger partial charge in [0.25, 0.3) is 0 Å². The third-order valence-corrected chi connectivity index (χ3v) is 5.71. The van der Waals surface area contributed by atoms with Gasteiger partial charge in [-0.2, -0.15) is 5.10 Å². The highest BCUT2D eigenvalue weighted by atomic mass is 35.5. The first-order valence-corrected chi connectivity index (χ1v) is 10.1. The van der Waals surface area contributed by atoms with Gasteiger partial charge in [0.05, 0.1) is 29.4 Å². The van der Waals surface area contributed by atoms with Gasteiger partial charge in [0, 0.05) is 19.1 Å². The van der Waals surface area contributed by atoms with Crippen LogP contribution in [0.4, 0.5) is 0 Å². The molecule has 0 N–H and O–H groups in total. The van der Waals surface area contributed by atoms with Gasteiger partial charge >= 0.3 is 5.97 Å². The van der Waals surface area contributed by atoms with Gasteiger partial charge in [0.15, 0.2) is 0 Å². The average molecular weight is 399 g/mol. The zero-order chi connectivity index (χ0) is 20.0. The molecule has 1 saturated heterocycles. The summed E-state index contributed by atoms with van der Waals surface area (Å²) in [5.41, 5.74) is 1.50. The number of halogens is 1. The van der Waals surface area contributed by atoms with E-state index in [9.17, 15) is 9.59 Å². The zero-order valence-electron chi connectivity index (χ0n) is 16.8. The molecule has 0 aromatic carbocycles. The van der Waals surface area contributed by atoms with E-state index in [2.05, 4.69) is 16.9 Å². The van der Waals surface area contributed by atoms with Crippen molar-refractivity contribution < 1.29 is 14.3 Å². The number of amides is 1. The number of hydrogen-bond acceptors (Lipinski definition) is 5. The molecule has 1 aromatic heterocycles. The fourth-order valence-corrected chi connectivity index (χ4v) is 3.74. The van der Waals surface area contributed by atoms with Crippen LogP contribution in [0.25, 0.3) is 0 Å². The smallest absolute Gasteiger partial charge is 0.307 e. The summed E-state index contributed by atoms with van der Waals surface area (Å²) in [5, 5.41) is 4.95. The van der Waals surface area contributed by atoms with Crippen LogP contribution in [0.1, 0.15) is 44.5 Å². The van der Waals surface area contributed by atoms with Gasteiger partial charge in [-0.3, -0.25) is 19.2 Å². The standard InChI is InChI=1S/C19H31ClN4O3/c1-5-22-10-7-8-16(22)12-23(11-9-18(26)27-6-2)17(25)13-24-15(4)19(20)14(3)21-24/h16H,5-13H2,1-4H3. The van der Waals surface area contributed by atoms with Gasteiger partial charge in [-0.15, -0.1) is 0 Å². The molecule has 1 aromatic rings. The number of aryl methyl sites for hydroxylation is 1. The lowest BCUT2D eigenvalue weighted by atomic mass is 10.2. The van der Waals surface area contributed by atoms with Crippen molar-refractivity contribution in [2.45, 2.75) is 59.5 Å². The van der Waals surface area contributed by atoms with Crippen molar-refractivity contribution in [3.05, 3.63) is 16.4 Å². The number of hydrogen-bond donors (Lipinski definition) is 0. The Morgan fingerprint density at radius 1 is 1.33 bits per heavy atom. The van der Waals surface area contributed by atoms with Gasteiger partial charge in [0.1, 0.15) is 6.54 Å². The number of esters is 1. The second kappa shape index (κ2) is 10.1. The molecule has 0 saturated carbocycles. The van der Waals surface area contributed by atoms with Crippen molar-refractivity contribution in [3.63, 3.8) is 0 Å². The van der Waals surface area contributed by atoms with E-state index in [1.807, 2.05) is 13.8 Å². The van der Waals surface area contributed by atoms with E-state index in [1.54, 1.807) is 16.5 Å². The van der Waals surface area contributed by atoms with Gasteiger partial charge in [0.2, 0.25) is 5.91 Å². The Hall–Kier alpha value is -1.60. The predicted octanol–water partition coefficient (Wildman–Crippen LogP) is 2.42. The fourth-order valence-electron chi connectivity index (χ4n) is 3.61. The highest BCUT2D eigenvalue weighted by molar-refractivity contribution is 6.31. The van der Waals surface area contributed by atoms with Crippen LogP contribution in [0, 0.1) is 13.8 Å². The number of carbonyl (C=O) groups excluding carboxylic acids is 2. The molecule has 0 radical (unpaired) electrons. The molecule has 1 aliphatic rings. The van der Waals surface area contributed by atoms with Crippen molar-refractivity contribution in [3.8, 4) is 0 Å². The van der Waals surface area contributed by atoms with Gasteiger partial charge in [-0.1, -0.05) is 18.5 Å². The maximum absolute atomic E-state index is 13.0. The summed E-state index contributed by atoms with van der Waals surface area (Å²) in [6, 6.07) is 0.338. The molecule has 2 heterocycles. The van der Waals surface area contributed by atoms with E-state index in [0.29, 0.717) is 36.5 Å². The van der Waals surface area contributed by atoms with Gasteiger partial charge in [-0.25, -0.2) is 0 Å². The lowest BCUT2D eigenvalue weighted by Crippen LogP contribution is -2.45.